The van der Waals surface area contributed by atoms with Crippen molar-refractivity contribution in [1.82, 2.24) is 24.9 Å². The Morgan fingerprint density at radius 1 is 1.14 bits per heavy atom. The number of rotatable bonds is 6. The van der Waals surface area contributed by atoms with Gasteiger partial charge in [0.2, 0.25) is 5.89 Å². The summed E-state index contributed by atoms with van der Waals surface area (Å²) in [6, 6.07) is 10.9. The van der Waals surface area contributed by atoms with Crippen LogP contribution in [0.4, 0.5) is 0 Å². The number of piperazine rings is 1. The third-order valence-corrected chi connectivity index (χ3v) is 4.82. The molecular formula is C21H23N5O3. The van der Waals surface area contributed by atoms with E-state index in [1.54, 1.807) is 30.6 Å². The van der Waals surface area contributed by atoms with Gasteiger partial charge in [-0.3, -0.25) is 14.7 Å². The molecule has 150 valence electrons. The van der Waals surface area contributed by atoms with Crippen molar-refractivity contribution >= 4 is 5.91 Å². The van der Waals surface area contributed by atoms with Crippen LogP contribution in [-0.2, 0) is 13.0 Å². The van der Waals surface area contributed by atoms with E-state index < -0.39 is 0 Å². The molecule has 8 heteroatoms. The lowest BCUT2D eigenvalue weighted by Crippen LogP contribution is -2.48. The maximum Gasteiger partial charge on any atom is 0.257 e. The molecule has 1 fully saturated rings. The van der Waals surface area contributed by atoms with Gasteiger partial charge in [-0.25, -0.2) is 0 Å². The molecule has 1 aliphatic heterocycles. The monoisotopic (exact) mass is 393 g/mol. The molecular weight excluding hydrogens is 370 g/mol. The van der Waals surface area contributed by atoms with Gasteiger partial charge in [-0.2, -0.15) is 4.98 Å². The minimum atomic E-state index is -0.0306. The van der Waals surface area contributed by atoms with E-state index in [1.807, 2.05) is 30.0 Å². The number of hydrogen-bond donors (Lipinski definition) is 0. The fourth-order valence-corrected chi connectivity index (χ4v) is 3.24. The molecule has 0 N–H and O–H groups in total. The standard InChI is InChI=1S/C21H23N5O3/c1-2-20-23-19(24-29-20)15-25-10-12-26(13-11-25)21(27)17-7-3-4-8-18(17)28-16-6-5-9-22-14-16/h3-9,14H,2,10-13,15H2,1H3. The van der Waals surface area contributed by atoms with Gasteiger partial charge in [0.1, 0.15) is 11.5 Å². The van der Waals surface area contributed by atoms with Crippen LogP contribution in [0.2, 0.25) is 0 Å². The first-order valence-corrected chi connectivity index (χ1v) is 9.73. The summed E-state index contributed by atoms with van der Waals surface area (Å²) in [5.74, 6) is 2.45. The van der Waals surface area contributed by atoms with Crippen molar-refractivity contribution < 1.29 is 14.1 Å². The normalized spacial score (nSPS) is 14.7. The smallest absolute Gasteiger partial charge is 0.257 e. The summed E-state index contributed by atoms with van der Waals surface area (Å²) < 4.78 is 11.1. The number of pyridine rings is 1. The third kappa shape index (κ3) is 4.60. The molecule has 0 radical (unpaired) electrons. The van der Waals surface area contributed by atoms with Gasteiger partial charge >= 0.3 is 0 Å². The highest BCUT2D eigenvalue weighted by atomic mass is 16.5. The van der Waals surface area contributed by atoms with E-state index in [0.717, 1.165) is 19.5 Å². The summed E-state index contributed by atoms with van der Waals surface area (Å²) in [5.41, 5.74) is 0.551. The average molecular weight is 393 g/mol. The fraction of sp³-hybridized carbons (Fsp3) is 0.333. The van der Waals surface area contributed by atoms with Gasteiger partial charge in [0.05, 0.1) is 18.3 Å². The Bertz CT molecular complexity index is 952. The summed E-state index contributed by atoms with van der Waals surface area (Å²) in [5, 5.41) is 4.00. The van der Waals surface area contributed by atoms with Crippen molar-refractivity contribution in [3.05, 3.63) is 66.1 Å². The highest BCUT2D eigenvalue weighted by molar-refractivity contribution is 5.97. The fourth-order valence-electron chi connectivity index (χ4n) is 3.24. The van der Waals surface area contributed by atoms with Crippen molar-refractivity contribution in [1.29, 1.82) is 0 Å². The molecule has 0 spiro atoms. The lowest BCUT2D eigenvalue weighted by molar-refractivity contribution is 0.0622. The molecule has 4 rings (SSSR count). The van der Waals surface area contributed by atoms with E-state index in [4.69, 9.17) is 9.26 Å². The summed E-state index contributed by atoms with van der Waals surface area (Å²) in [7, 11) is 0. The predicted molar refractivity (Wildman–Crippen MR) is 106 cm³/mol. The van der Waals surface area contributed by atoms with Crippen LogP contribution in [0.3, 0.4) is 0 Å². The molecule has 0 saturated carbocycles. The predicted octanol–water partition coefficient (Wildman–Crippen LogP) is 2.78. The topological polar surface area (TPSA) is 84.6 Å². The second-order valence-corrected chi connectivity index (χ2v) is 6.81. The molecule has 1 aliphatic rings. The van der Waals surface area contributed by atoms with Gasteiger partial charge in [-0.15, -0.1) is 0 Å². The van der Waals surface area contributed by atoms with Crippen molar-refractivity contribution in [2.45, 2.75) is 19.9 Å². The third-order valence-electron chi connectivity index (χ3n) is 4.82. The van der Waals surface area contributed by atoms with Crippen LogP contribution in [0, 0.1) is 0 Å². The summed E-state index contributed by atoms with van der Waals surface area (Å²) in [6.45, 7) is 5.40. The van der Waals surface area contributed by atoms with Crippen LogP contribution < -0.4 is 4.74 Å². The molecule has 8 nitrogen and oxygen atoms in total. The van der Waals surface area contributed by atoms with Gasteiger partial charge < -0.3 is 14.2 Å². The first-order chi connectivity index (χ1) is 14.2. The van der Waals surface area contributed by atoms with Gasteiger partial charge in [-0.05, 0) is 24.3 Å². The zero-order valence-corrected chi connectivity index (χ0v) is 16.3. The van der Waals surface area contributed by atoms with Crippen molar-refractivity contribution in [3.63, 3.8) is 0 Å². The number of amides is 1. The Kier molecular flexibility index (Phi) is 5.81. The lowest BCUT2D eigenvalue weighted by Gasteiger charge is -2.34. The Hall–Kier alpha value is -3.26. The van der Waals surface area contributed by atoms with Crippen LogP contribution in [0.25, 0.3) is 0 Å². The Balaban J connectivity index is 1.38. The summed E-state index contributed by atoms with van der Waals surface area (Å²) in [6.07, 6.45) is 4.04. The van der Waals surface area contributed by atoms with Crippen LogP contribution in [0.15, 0.2) is 53.3 Å². The summed E-state index contributed by atoms with van der Waals surface area (Å²) in [4.78, 5) is 25.6. The highest BCUT2D eigenvalue weighted by Crippen LogP contribution is 2.26. The van der Waals surface area contributed by atoms with Gasteiger partial charge in [-0.1, -0.05) is 24.2 Å². The van der Waals surface area contributed by atoms with E-state index in [1.165, 1.54) is 0 Å². The Morgan fingerprint density at radius 3 is 2.69 bits per heavy atom. The van der Waals surface area contributed by atoms with Gasteiger partial charge in [0.15, 0.2) is 5.82 Å². The first-order valence-electron chi connectivity index (χ1n) is 9.73. The molecule has 0 aliphatic carbocycles. The van der Waals surface area contributed by atoms with Crippen LogP contribution in [-0.4, -0.2) is 57.0 Å². The molecule has 0 bridgehead atoms. The highest BCUT2D eigenvalue weighted by Gasteiger charge is 2.25. The van der Waals surface area contributed by atoms with Crippen molar-refractivity contribution in [2.24, 2.45) is 0 Å². The number of aromatic nitrogens is 3. The van der Waals surface area contributed by atoms with Gasteiger partial charge in [0.25, 0.3) is 5.91 Å². The maximum atomic E-state index is 13.1. The molecule has 29 heavy (non-hydrogen) atoms. The molecule has 0 unspecified atom stereocenters. The summed E-state index contributed by atoms with van der Waals surface area (Å²) >= 11 is 0. The van der Waals surface area contributed by atoms with Crippen LogP contribution >= 0.6 is 0 Å². The first kappa shape index (κ1) is 19.1. The lowest BCUT2D eigenvalue weighted by atomic mass is 10.1. The zero-order valence-electron chi connectivity index (χ0n) is 16.3. The Morgan fingerprint density at radius 2 is 1.97 bits per heavy atom. The van der Waals surface area contributed by atoms with E-state index in [-0.39, 0.29) is 5.91 Å². The number of aryl methyl sites for hydroxylation is 1. The number of benzene rings is 1. The van der Waals surface area contributed by atoms with Gasteiger partial charge in [0, 0.05) is 38.8 Å². The SMILES string of the molecule is CCc1nc(CN2CCN(C(=O)c3ccccc3Oc3cccnc3)CC2)no1. The van der Waals surface area contributed by atoms with Crippen molar-refractivity contribution in [2.75, 3.05) is 26.2 Å². The number of para-hydroxylation sites is 1. The minimum absolute atomic E-state index is 0.0306. The second-order valence-electron chi connectivity index (χ2n) is 6.81. The van der Waals surface area contributed by atoms with E-state index in [2.05, 4.69) is 20.0 Å². The second kappa shape index (κ2) is 8.83. The quantitative estimate of drug-likeness (QED) is 0.637. The number of carbonyl (C=O) groups excluding carboxylic acids is 1. The maximum absolute atomic E-state index is 13.1. The number of hydrogen-bond acceptors (Lipinski definition) is 7. The number of ether oxygens (including phenoxy) is 1. The molecule has 1 aromatic carbocycles. The largest absolute Gasteiger partial charge is 0.455 e. The molecule has 3 aromatic rings. The van der Waals surface area contributed by atoms with E-state index >= 15 is 0 Å². The average Bonchev–Trinajstić information content (AvgIpc) is 3.22. The Labute approximate surface area is 169 Å². The number of carbonyl (C=O) groups is 1. The number of nitrogens with zero attached hydrogens (tertiary/aromatic N) is 5. The van der Waals surface area contributed by atoms with Crippen LogP contribution in [0.5, 0.6) is 11.5 Å². The molecule has 3 heterocycles. The zero-order chi connectivity index (χ0) is 20.1. The molecule has 1 amide bonds. The van der Waals surface area contributed by atoms with Crippen molar-refractivity contribution in [3.8, 4) is 11.5 Å². The molecule has 2 aromatic heterocycles. The minimum Gasteiger partial charge on any atom is -0.455 e. The van der Waals surface area contributed by atoms with E-state index in [9.17, 15) is 4.79 Å². The van der Waals surface area contributed by atoms with E-state index in [0.29, 0.717) is 48.4 Å². The van der Waals surface area contributed by atoms with Crippen LogP contribution in [0.1, 0.15) is 29.0 Å². The molecule has 1 saturated heterocycles. The molecule has 0 atom stereocenters.